The van der Waals surface area contributed by atoms with Gasteiger partial charge >= 0.3 is 6.18 Å². The Labute approximate surface area is 136 Å². The number of benzene rings is 1. The third kappa shape index (κ3) is 3.59. The number of H-pyrrole nitrogens is 1. The molecule has 1 aliphatic rings. The van der Waals surface area contributed by atoms with Gasteiger partial charge in [0.15, 0.2) is 0 Å². The van der Waals surface area contributed by atoms with E-state index in [1.165, 1.54) is 5.56 Å². The van der Waals surface area contributed by atoms with E-state index in [-0.39, 0.29) is 5.69 Å². The first kappa shape index (κ1) is 16.5. The minimum absolute atomic E-state index is 0.238. The Hall–Kier alpha value is -2.35. The van der Waals surface area contributed by atoms with Crippen LogP contribution in [0, 0.1) is 0 Å². The van der Waals surface area contributed by atoms with E-state index in [1.807, 2.05) is 19.2 Å². The number of carbonyl (C=O) groups excluding carboxylic acids is 1. The summed E-state index contributed by atoms with van der Waals surface area (Å²) in [6.45, 7) is 1.77. The number of aromatic nitrogens is 2. The smallest absolute Gasteiger partial charge is 0.326 e. The number of nitrogens with one attached hydrogen (secondary N) is 2. The van der Waals surface area contributed by atoms with E-state index in [4.69, 9.17) is 0 Å². The maximum absolute atomic E-state index is 12.8. The lowest BCUT2D eigenvalue weighted by atomic mass is 9.99. The molecule has 0 atom stereocenters. The summed E-state index contributed by atoms with van der Waals surface area (Å²) < 4.78 is 38.4. The number of carbonyl (C=O) groups is 1. The molecule has 24 heavy (non-hydrogen) atoms. The van der Waals surface area contributed by atoms with Crippen molar-refractivity contribution in [2.24, 2.45) is 0 Å². The molecule has 0 bridgehead atoms. The highest BCUT2D eigenvalue weighted by Gasteiger charge is 2.35. The molecule has 2 aromatic rings. The molecule has 3 rings (SSSR count). The number of rotatable bonds is 3. The Kier molecular flexibility index (Phi) is 4.31. The van der Waals surface area contributed by atoms with Gasteiger partial charge in [0, 0.05) is 18.8 Å². The maximum atomic E-state index is 12.8. The lowest BCUT2D eigenvalue weighted by Gasteiger charge is -2.25. The van der Waals surface area contributed by atoms with Crippen molar-refractivity contribution in [2.75, 3.05) is 18.9 Å². The maximum Gasteiger partial charge on any atom is 0.419 e. The van der Waals surface area contributed by atoms with Crippen molar-refractivity contribution in [3.05, 3.63) is 46.8 Å². The molecule has 1 aromatic heterocycles. The Bertz CT molecular complexity index is 754. The first-order valence-electron chi connectivity index (χ1n) is 7.52. The molecule has 0 saturated heterocycles. The normalized spacial score (nSPS) is 15.2. The number of halogens is 3. The number of anilines is 1. The molecule has 2 heterocycles. The van der Waals surface area contributed by atoms with Crippen LogP contribution in [0.15, 0.2) is 24.4 Å². The van der Waals surface area contributed by atoms with Crippen molar-refractivity contribution in [1.29, 1.82) is 0 Å². The van der Waals surface area contributed by atoms with Crippen LogP contribution in [0.2, 0.25) is 0 Å². The van der Waals surface area contributed by atoms with Crippen LogP contribution in [0.25, 0.3) is 0 Å². The van der Waals surface area contributed by atoms with Gasteiger partial charge in [-0.2, -0.15) is 18.3 Å². The predicted octanol–water partition coefficient (Wildman–Crippen LogP) is 2.60. The third-order valence-electron chi connectivity index (χ3n) is 4.05. The molecule has 0 unspecified atom stereocenters. The largest absolute Gasteiger partial charge is 0.419 e. The number of hydrogen-bond acceptors (Lipinski definition) is 3. The fraction of sp³-hybridized carbons (Fsp3) is 0.375. The van der Waals surface area contributed by atoms with Crippen LogP contribution >= 0.6 is 0 Å². The SMILES string of the molecule is CN1CCc2ccc(NC(=O)Cc3[nH]ncc3C(F)(F)F)cc2C1. The van der Waals surface area contributed by atoms with E-state index in [0.717, 1.165) is 25.1 Å². The van der Waals surface area contributed by atoms with Gasteiger partial charge in [-0.1, -0.05) is 6.07 Å². The van der Waals surface area contributed by atoms with Gasteiger partial charge in [-0.3, -0.25) is 9.89 Å². The van der Waals surface area contributed by atoms with Crippen LogP contribution in [0.4, 0.5) is 18.9 Å². The summed E-state index contributed by atoms with van der Waals surface area (Å²) in [5.74, 6) is -0.520. The van der Waals surface area contributed by atoms with Crippen LogP contribution in [-0.4, -0.2) is 34.6 Å². The molecule has 1 aromatic carbocycles. The number of amides is 1. The summed E-state index contributed by atoms with van der Waals surface area (Å²) in [5, 5.41) is 8.28. The topological polar surface area (TPSA) is 61.0 Å². The van der Waals surface area contributed by atoms with E-state index in [9.17, 15) is 18.0 Å². The van der Waals surface area contributed by atoms with Crippen molar-refractivity contribution in [3.8, 4) is 0 Å². The molecular formula is C16H17F3N4O. The zero-order chi connectivity index (χ0) is 17.3. The molecule has 5 nitrogen and oxygen atoms in total. The minimum Gasteiger partial charge on any atom is -0.326 e. The fourth-order valence-corrected chi connectivity index (χ4v) is 2.83. The molecule has 2 N–H and O–H groups in total. The first-order chi connectivity index (χ1) is 11.3. The quantitative estimate of drug-likeness (QED) is 0.904. The summed E-state index contributed by atoms with van der Waals surface area (Å²) in [6.07, 6.45) is -3.30. The zero-order valence-electron chi connectivity index (χ0n) is 13.1. The molecule has 0 spiro atoms. The van der Waals surface area contributed by atoms with Crippen molar-refractivity contribution < 1.29 is 18.0 Å². The zero-order valence-corrected chi connectivity index (χ0v) is 13.1. The van der Waals surface area contributed by atoms with Crippen LogP contribution < -0.4 is 5.32 Å². The Morgan fingerprint density at radius 1 is 1.38 bits per heavy atom. The monoisotopic (exact) mass is 338 g/mol. The Morgan fingerprint density at radius 2 is 2.17 bits per heavy atom. The van der Waals surface area contributed by atoms with E-state index < -0.39 is 24.1 Å². The second kappa shape index (κ2) is 6.27. The van der Waals surface area contributed by atoms with Gasteiger partial charge in [-0.15, -0.1) is 0 Å². The lowest BCUT2D eigenvalue weighted by molar-refractivity contribution is -0.138. The number of alkyl halides is 3. The van der Waals surface area contributed by atoms with Crippen molar-refractivity contribution in [3.63, 3.8) is 0 Å². The number of hydrogen-bond donors (Lipinski definition) is 2. The summed E-state index contributed by atoms with van der Waals surface area (Å²) >= 11 is 0. The van der Waals surface area contributed by atoms with Gasteiger partial charge in [-0.05, 0) is 36.7 Å². The Morgan fingerprint density at radius 3 is 2.92 bits per heavy atom. The molecular weight excluding hydrogens is 321 g/mol. The number of aromatic amines is 1. The Balaban J connectivity index is 1.70. The molecule has 0 radical (unpaired) electrons. The highest BCUT2D eigenvalue weighted by Crippen LogP contribution is 2.31. The van der Waals surface area contributed by atoms with E-state index in [1.54, 1.807) is 6.07 Å². The standard InChI is InChI=1S/C16H17F3N4O/c1-23-5-4-10-2-3-12(6-11(10)9-23)21-15(24)7-14-13(8-20-22-14)16(17,18)19/h2-3,6,8H,4-5,7,9H2,1H3,(H,20,22)(H,21,24). The highest BCUT2D eigenvalue weighted by molar-refractivity contribution is 5.92. The molecule has 0 fully saturated rings. The van der Waals surface area contributed by atoms with Gasteiger partial charge in [0.05, 0.1) is 23.9 Å². The molecule has 128 valence electrons. The summed E-state index contributed by atoms with van der Waals surface area (Å²) in [5.41, 5.74) is 1.79. The van der Waals surface area contributed by atoms with Gasteiger partial charge in [0.1, 0.15) is 0 Å². The molecule has 8 heteroatoms. The third-order valence-corrected chi connectivity index (χ3v) is 4.05. The van der Waals surface area contributed by atoms with Gasteiger partial charge in [0.2, 0.25) is 5.91 Å². The minimum atomic E-state index is -4.53. The molecule has 0 aliphatic carbocycles. The average molecular weight is 338 g/mol. The van der Waals surface area contributed by atoms with E-state index in [0.29, 0.717) is 11.9 Å². The second-order valence-corrected chi connectivity index (χ2v) is 5.96. The van der Waals surface area contributed by atoms with Crippen molar-refractivity contribution in [2.45, 2.75) is 25.6 Å². The van der Waals surface area contributed by atoms with Crippen molar-refractivity contribution in [1.82, 2.24) is 15.1 Å². The fourth-order valence-electron chi connectivity index (χ4n) is 2.83. The molecule has 0 saturated carbocycles. The lowest BCUT2D eigenvalue weighted by Crippen LogP contribution is -2.26. The highest BCUT2D eigenvalue weighted by atomic mass is 19.4. The van der Waals surface area contributed by atoms with Crippen molar-refractivity contribution >= 4 is 11.6 Å². The predicted molar refractivity (Wildman–Crippen MR) is 82.4 cm³/mol. The van der Waals surface area contributed by atoms with Crippen LogP contribution in [0.5, 0.6) is 0 Å². The van der Waals surface area contributed by atoms with Crippen LogP contribution in [-0.2, 0) is 30.4 Å². The van der Waals surface area contributed by atoms with E-state index >= 15 is 0 Å². The molecule has 1 amide bonds. The summed E-state index contributed by atoms with van der Waals surface area (Å²) in [6, 6.07) is 5.61. The number of likely N-dealkylation sites (N-methyl/N-ethyl adjacent to an activating group) is 1. The van der Waals surface area contributed by atoms with Gasteiger partial charge in [-0.25, -0.2) is 0 Å². The second-order valence-electron chi connectivity index (χ2n) is 5.96. The molecule has 1 aliphatic heterocycles. The first-order valence-corrected chi connectivity index (χ1v) is 7.52. The number of fused-ring (bicyclic) bond motifs is 1. The number of nitrogens with zero attached hydrogens (tertiary/aromatic N) is 2. The van der Waals surface area contributed by atoms with E-state index in [2.05, 4.69) is 20.4 Å². The van der Waals surface area contributed by atoms with Crippen LogP contribution in [0.1, 0.15) is 22.4 Å². The van der Waals surface area contributed by atoms with Crippen LogP contribution in [0.3, 0.4) is 0 Å². The summed E-state index contributed by atoms with van der Waals surface area (Å²) in [7, 11) is 2.02. The average Bonchev–Trinajstić information content (AvgIpc) is 2.95. The van der Waals surface area contributed by atoms with Gasteiger partial charge < -0.3 is 10.2 Å². The van der Waals surface area contributed by atoms with Gasteiger partial charge in [0.25, 0.3) is 0 Å². The summed E-state index contributed by atoms with van der Waals surface area (Å²) in [4.78, 5) is 14.2.